The molecule has 1 aliphatic carbocycles. The largest absolute Gasteiger partial charge is 0.384 e. The summed E-state index contributed by atoms with van der Waals surface area (Å²) in [5.41, 5.74) is 2.51. The van der Waals surface area contributed by atoms with Crippen LogP contribution in [0, 0.1) is 11.8 Å². The van der Waals surface area contributed by atoms with Gasteiger partial charge in [0.2, 0.25) is 0 Å². The molecule has 1 aliphatic heterocycles. The lowest BCUT2D eigenvalue weighted by Crippen LogP contribution is -2.62. The average Bonchev–Trinajstić information content (AvgIpc) is 3.14. The average molecular weight is 315 g/mol. The Labute approximate surface area is 134 Å². The molecule has 23 heavy (non-hydrogen) atoms. The highest BCUT2D eigenvalue weighted by Crippen LogP contribution is 2.43. The summed E-state index contributed by atoms with van der Waals surface area (Å²) in [6, 6.07) is 5.77. The third kappa shape index (κ3) is 2.33. The summed E-state index contributed by atoms with van der Waals surface area (Å²) in [6.07, 6.45) is 3.00. The van der Waals surface area contributed by atoms with E-state index < -0.39 is 0 Å². The van der Waals surface area contributed by atoms with Crippen molar-refractivity contribution in [3.63, 3.8) is 0 Å². The van der Waals surface area contributed by atoms with Crippen molar-refractivity contribution in [1.29, 1.82) is 0 Å². The highest BCUT2D eigenvalue weighted by atomic mass is 16.5. The number of benzene rings is 1. The number of fused-ring (bicyclic) bond motifs is 2. The Balaban J connectivity index is 1.51. The number of imidazole rings is 1. The minimum atomic E-state index is -0.0472. The number of methoxy groups -OCH3 is 1. The molecule has 6 nitrogen and oxygen atoms in total. The third-order valence-electron chi connectivity index (χ3n) is 5.17. The van der Waals surface area contributed by atoms with Crippen LogP contribution in [0.4, 0.5) is 0 Å². The molecular weight excluding hydrogens is 294 g/mol. The fourth-order valence-corrected chi connectivity index (χ4v) is 3.95. The molecule has 2 fully saturated rings. The fourth-order valence-electron chi connectivity index (χ4n) is 3.95. The maximum absolute atomic E-state index is 12.6. The van der Waals surface area contributed by atoms with Crippen LogP contribution >= 0.6 is 0 Å². The first-order chi connectivity index (χ1) is 11.2. The predicted octanol–water partition coefficient (Wildman–Crippen LogP) is 1.35. The van der Waals surface area contributed by atoms with Crippen molar-refractivity contribution >= 4 is 16.9 Å². The lowest BCUT2D eigenvalue weighted by molar-refractivity contribution is -0.0809. The first-order valence-electron chi connectivity index (χ1n) is 8.01. The zero-order valence-electron chi connectivity index (χ0n) is 13.4. The minimum absolute atomic E-state index is 0.0472. The van der Waals surface area contributed by atoms with Gasteiger partial charge >= 0.3 is 0 Å². The second kappa shape index (κ2) is 5.62. The predicted molar refractivity (Wildman–Crippen MR) is 85.2 cm³/mol. The number of carbonyl (C=O) groups is 1. The Morgan fingerprint density at radius 3 is 3.22 bits per heavy atom. The molecule has 0 bridgehead atoms. The molecule has 2 heterocycles. The Hall–Kier alpha value is -1.92. The highest BCUT2D eigenvalue weighted by molar-refractivity contribution is 5.97. The van der Waals surface area contributed by atoms with Crippen LogP contribution < -0.4 is 5.32 Å². The van der Waals surface area contributed by atoms with E-state index in [1.807, 2.05) is 29.8 Å². The molecule has 122 valence electrons. The van der Waals surface area contributed by atoms with Crippen LogP contribution in [-0.2, 0) is 16.5 Å². The van der Waals surface area contributed by atoms with E-state index in [9.17, 15) is 4.79 Å². The maximum atomic E-state index is 12.6. The van der Waals surface area contributed by atoms with Crippen LogP contribution in [0.15, 0.2) is 24.5 Å². The number of ether oxygens (including phenoxy) is 2. The molecule has 6 heteroatoms. The van der Waals surface area contributed by atoms with Gasteiger partial charge in [0.25, 0.3) is 5.91 Å². The van der Waals surface area contributed by atoms with Gasteiger partial charge in [0.1, 0.15) is 0 Å². The molecule has 1 saturated carbocycles. The fraction of sp³-hybridized carbons (Fsp3) is 0.529. The lowest BCUT2D eigenvalue weighted by atomic mass is 9.67. The number of nitrogens with one attached hydrogen (secondary N) is 1. The summed E-state index contributed by atoms with van der Waals surface area (Å²) in [7, 11) is 3.63. The zero-order chi connectivity index (χ0) is 16.0. The van der Waals surface area contributed by atoms with Crippen molar-refractivity contribution in [2.24, 2.45) is 18.9 Å². The van der Waals surface area contributed by atoms with Gasteiger partial charge < -0.3 is 19.4 Å². The standard InChI is InChI=1S/C17H21N3O3/c1-20-9-18-13-7-10(3-4-14(13)20)17(21)19-15-11-5-6-23-16(11)12(15)8-22-2/h3-4,7,9,11-12,15-16H,5-6,8H2,1-2H3,(H,19,21). The molecule has 1 amide bonds. The van der Waals surface area contributed by atoms with Gasteiger partial charge in [0.15, 0.2) is 0 Å². The summed E-state index contributed by atoms with van der Waals surface area (Å²) in [5.74, 6) is 0.613. The van der Waals surface area contributed by atoms with Crippen molar-refractivity contribution < 1.29 is 14.3 Å². The lowest BCUT2D eigenvalue weighted by Gasteiger charge is -2.47. The molecule has 2 aliphatic rings. The van der Waals surface area contributed by atoms with Gasteiger partial charge in [-0.1, -0.05) is 0 Å². The molecule has 4 rings (SSSR count). The number of carbonyl (C=O) groups excluding carboxylic acids is 1. The van der Waals surface area contributed by atoms with E-state index in [1.54, 1.807) is 13.4 Å². The van der Waals surface area contributed by atoms with E-state index in [1.165, 1.54) is 0 Å². The maximum Gasteiger partial charge on any atom is 0.251 e. The van der Waals surface area contributed by atoms with Crippen LogP contribution in [-0.4, -0.2) is 47.9 Å². The van der Waals surface area contributed by atoms with Gasteiger partial charge in [0, 0.05) is 44.2 Å². The second-order valence-electron chi connectivity index (χ2n) is 6.47. The van der Waals surface area contributed by atoms with E-state index >= 15 is 0 Å². The molecule has 0 spiro atoms. The van der Waals surface area contributed by atoms with Crippen LogP contribution in [0.2, 0.25) is 0 Å². The Bertz CT molecular complexity index is 742. The van der Waals surface area contributed by atoms with E-state index in [4.69, 9.17) is 9.47 Å². The molecule has 1 aromatic carbocycles. The molecule has 1 saturated heterocycles. The van der Waals surface area contributed by atoms with Crippen molar-refractivity contribution in [2.75, 3.05) is 20.3 Å². The van der Waals surface area contributed by atoms with E-state index in [2.05, 4.69) is 10.3 Å². The van der Waals surface area contributed by atoms with Crippen LogP contribution in [0.25, 0.3) is 11.0 Å². The Morgan fingerprint density at radius 2 is 2.39 bits per heavy atom. The number of hydrogen-bond donors (Lipinski definition) is 1. The minimum Gasteiger partial charge on any atom is -0.384 e. The van der Waals surface area contributed by atoms with Crippen LogP contribution in [0.1, 0.15) is 16.8 Å². The van der Waals surface area contributed by atoms with E-state index in [-0.39, 0.29) is 24.0 Å². The number of aryl methyl sites for hydroxylation is 1. The second-order valence-corrected chi connectivity index (χ2v) is 6.47. The van der Waals surface area contributed by atoms with Gasteiger partial charge in [-0.2, -0.15) is 0 Å². The van der Waals surface area contributed by atoms with Crippen molar-refractivity contribution in [3.05, 3.63) is 30.1 Å². The summed E-state index contributed by atoms with van der Waals surface area (Å²) < 4.78 is 13.0. The molecular formula is C17H21N3O3. The molecule has 4 atom stereocenters. The first-order valence-corrected chi connectivity index (χ1v) is 8.01. The summed E-state index contributed by atoms with van der Waals surface area (Å²) in [5, 5.41) is 3.18. The molecule has 4 unspecified atom stereocenters. The van der Waals surface area contributed by atoms with Gasteiger partial charge in [-0.15, -0.1) is 0 Å². The van der Waals surface area contributed by atoms with E-state index in [0.717, 1.165) is 24.1 Å². The van der Waals surface area contributed by atoms with Crippen molar-refractivity contribution in [3.8, 4) is 0 Å². The summed E-state index contributed by atoms with van der Waals surface area (Å²) >= 11 is 0. The molecule has 0 radical (unpaired) electrons. The third-order valence-corrected chi connectivity index (χ3v) is 5.17. The van der Waals surface area contributed by atoms with Crippen molar-refractivity contribution in [1.82, 2.24) is 14.9 Å². The summed E-state index contributed by atoms with van der Waals surface area (Å²) in [4.78, 5) is 16.9. The summed E-state index contributed by atoms with van der Waals surface area (Å²) in [6.45, 7) is 1.40. The first kappa shape index (κ1) is 14.7. The van der Waals surface area contributed by atoms with Crippen molar-refractivity contribution in [2.45, 2.75) is 18.6 Å². The van der Waals surface area contributed by atoms with Crippen LogP contribution in [0.3, 0.4) is 0 Å². The normalized spacial score (nSPS) is 29.3. The topological polar surface area (TPSA) is 65.4 Å². The molecule has 1 aromatic heterocycles. The Kier molecular flexibility index (Phi) is 3.58. The SMILES string of the molecule is COCC1C(NC(=O)c2ccc3c(c2)ncn3C)C2CCOC21. The highest BCUT2D eigenvalue weighted by Gasteiger charge is 2.54. The zero-order valence-corrected chi connectivity index (χ0v) is 13.4. The number of hydrogen-bond acceptors (Lipinski definition) is 4. The number of amides is 1. The number of rotatable bonds is 4. The van der Waals surface area contributed by atoms with Gasteiger partial charge in [-0.3, -0.25) is 4.79 Å². The van der Waals surface area contributed by atoms with Gasteiger partial charge in [-0.25, -0.2) is 4.98 Å². The smallest absolute Gasteiger partial charge is 0.251 e. The molecule has 1 N–H and O–H groups in total. The number of aromatic nitrogens is 2. The monoisotopic (exact) mass is 315 g/mol. The van der Waals surface area contributed by atoms with Gasteiger partial charge in [0.05, 0.1) is 30.1 Å². The quantitative estimate of drug-likeness (QED) is 0.925. The number of nitrogens with zero attached hydrogens (tertiary/aromatic N) is 2. The van der Waals surface area contributed by atoms with Gasteiger partial charge in [-0.05, 0) is 24.6 Å². The molecule has 2 aromatic rings. The van der Waals surface area contributed by atoms with Crippen LogP contribution in [0.5, 0.6) is 0 Å². The Morgan fingerprint density at radius 1 is 1.52 bits per heavy atom. The van der Waals surface area contributed by atoms with E-state index in [0.29, 0.717) is 18.1 Å².